The number of ether oxygens (including phenoxy) is 1. The van der Waals surface area contributed by atoms with E-state index >= 15 is 0 Å². The fourth-order valence-electron chi connectivity index (χ4n) is 10.3. The number of nitrogens with zero attached hydrogens (tertiary/aromatic N) is 4. The lowest BCUT2D eigenvalue weighted by Gasteiger charge is -2.36. The molecule has 3 aliphatic heterocycles. The second kappa shape index (κ2) is 16.9. The van der Waals surface area contributed by atoms with Gasteiger partial charge in [0, 0.05) is 68.2 Å². The van der Waals surface area contributed by atoms with Crippen LogP contribution in [0.5, 0.6) is 5.75 Å². The van der Waals surface area contributed by atoms with Gasteiger partial charge in [0.15, 0.2) is 0 Å². The second-order valence-corrected chi connectivity index (χ2v) is 17.7. The van der Waals surface area contributed by atoms with Gasteiger partial charge in [0.05, 0.1) is 12.8 Å². The third kappa shape index (κ3) is 7.67. The number of likely N-dealkylation sites (tertiary alicyclic amines) is 2. The maximum absolute atomic E-state index is 14.4. The Bertz CT molecular complexity index is 1850. The number of methoxy groups -OCH3 is 1. The van der Waals surface area contributed by atoms with Gasteiger partial charge in [-0.05, 0) is 85.7 Å². The molecule has 7 rings (SSSR count). The van der Waals surface area contributed by atoms with E-state index < -0.39 is 16.4 Å². The zero-order valence-electron chi connectivity index (χ0n) is 32.6. The molecular weight excluding hydrogens is 693 g/mol. The van der Waals surface area contributed by atoms with E-state index in [4.69, 9.17) is 20.8 Å². The first-order valence-corrected chi connectivity index (χ1v) is 21.7. The summed E-state index contributed by atoms with van der Waals surface area (Å²) < 4.78 is 8.76. The van der Waals surface area contributed by atoms with Crippen LogP contribution in [0.3, 0.4) is 0 Å². The highest BCUT2D eigenvalue weighted by molar-refractivity contribution is 7.85. The van der Waals surface area contributed by atoms with Crippen LogP contribution in [0.1, 0.15) is 105 Å². The van der Waals surface area contributed by atoms with Crippen LogP contribution in [0.4, 0.5) is 5.69 Å². The van der Waals surface area contributed by atoms with Crippen molar-refractivity contribution in [3.05, 3.63) is 64.7 Å². The average Bonchev–Trinajstić information content (AvgIpc) is 4.01. The summed E-state index contributed by atoms with van der Waals surface area (Å²) in [4.78, 5) is 40.0. The van der Waals surface area contributed by atoms with E-state index in [1.165, 1.54) is 56.7 Å². The summed E-state index contributed by atoms with van der Waals surface area (Å²) in [5.74, 6) is 0.659. The number of hydrogen-bond donors (Lipinski definition) is 2. The number of benzene rings is 2. The molecule has 2 saturated carbocycles. The zero-order chi connectivity index (χ0) is 37.9. The number of carbonyl (C=O) groups excluding carboxylic acids is 2. The molecule has 2 aliphatic carbocycles. The Morgan fingerprint density at radius 2 is 1.81 bits per heavy atom. The number of piperazine rings is 1. The molecule has 5 aliphatic rings. The number of rotatable bonds is 11. The minimum absolute atomic E-state index is 0.0428. The molecule has 290 valence electrons. The van der Waals surface area contributed by atoms with Crippen molar-refractivity contribution in [3.63, 3.8) is 0 Å². The predicted molar refractivity (Wildman–Crippen MR) is 222 cm³/mol. The summed E-state index contributed by atoms with van der Waals surface area (Å²) in [5.41, 5.74) is 12.0. The molecule has 2 aromatic carbocycles. The maximum atomic E-state index is 14.4. The predicted octanol–water partition coefficient (Wildman–Crippen LogP) is 7.09. The molecule has 9 nitrogen and oxygen atoms in total. The summed E-state index contributed by atoms with van der Waals surface area (Å²) in [6.07, 6.45) is 15.0. The van der Waals surface area contributed by atoms with Crippen molar-refractivity contribution < 1.29 is 14.3 Å². The van der Waals surface area contributed by atoms with Crippen molar-refractivity contribution in [2.24, 2.45) is 16.8 Å². The molecule has 2 bridgehead atoms. The molecule has 4 fully saturated rings. The molecule has 5 unspecified atom stereocenters. The number of carbonyl (C=O) groups is 2. The number of amides is 2. The molecule has 2 N–H and O–H groups in total. The Morgan fingerprint density at radius 1 is 1.06 bits per heavy atom. The lowest BCUT2D eigenvalue weighted by atomic mass is 9.75. The first kappa shape index (κ1) is 38.4. The fourth-order valence-corrected chi connectivity index (χ4v) is 11.6. The lowest BCUT2D eigenvalue weighted by Crippen LogP contribution is -2.51. The Morgan fingerprint density at radius 3 is 2.48 bits per heavy atom. The van der Waals surface area contributed by atoms with E-state index in [0.717, 1.165) is 54.9 Å². The van der Waals surface area contributed by atoms with Crippen molar-refractivity contribution in [3.8, 4) is 11.4 Å². The Hall–Kier alpha value is -3.85. The van der Waals surface area contributed by atoms with Crippen LogP contribution in [-0.4, -0.2) is 97.3 Å². The lowest BCUT2D eigenvalue weighted by molar-refractivity contribution is -0.133. The van der Waals surface area contributed by atoms with Gasteiger partial charge in [0.25, 0.3) is 0 Å². The van der Waals surface area contributed by atoms with Crippen molar-refractivity contribution >= 4 is 46.0 Å². The monoisotopic (exact) mass is 751 g/mol. The minimum atomic E-state index is -0.803. The number of fused-ring (bicyclic) bond motifs is 3. The number of anilines is 1. The molecular formula is C44H59N6O3S-. The van der Waals surface area contributed by atoms with E-state index in [-0.39, 0.29) is 23.9 Å². The topological polar surface area (TPSA) is 101 Å². The van der Waals surface area contributed by atoms with Crippen LogP contribution in [0.2, 0.25) is 0 Å². The van der Waals surface area contributed by atoms with Crippen LogP contribution < -0.4 is 14.4 Å². The van der Waals surface area contributed by atoms with Gasteiger partial charge in [-0.15, -0.1) is 5.25 Å². The van der Waals surface area contributed by atoms with Gasteiger partial charge in [0.1, 0.15) is 11.7 Å². The smallest absolute Gasteiger partial charge is 0.237 e. The number of aliphatic imine (C=N–C) groups is 1. The Labute approximate surface area is 324 Å². The first-order valence-electron chi connectivity index (χ1n) is 20.3. The maximum Gasteiger partial charge on any atom is 0.237 e. The molecule has 3 heterocycles. The van der Waals surface area contributed by atoms with E-state index in [0.29, 0.717) is 47.5 Å². The second-order valence-electron chi connectivity index (χ2n) is 16.1. The highest BCUT2D eigenvalue weighted by Gasteiger charge is 2.47. The van der Waals surface area contributed by atoms with Crippen LogP contribution in [0, 0.1) is 22.9 Å². The van der Waals surface area contributed by atoms with Crippen LogP contribution in [0.25, 0.3) is 6.08 Å². The largest absolute Gasteiger partial charge is 0.497 e. The molecule has 5 atom stereocenters. The normalized spacial score (nSPS) is 25.7. The molecule has 2 saturated heterocycles. The fraction of sp³-hybridized carbons (Fsp3) is 0.568. The molecule has 2 amide bonds. The summed E-state index contributed by atoms with van der Waals surface area (Å²) >= 11 is 0. The Balaban J connectivity index is 1.25. The molecule has 2 aromatic rings. The summed E-state index contributed by atoms with van der Waals surface area (Å²) in [7, 11) is 2.75. The van der Waals surface area contributed by atoms with Crippen molar-refractivity contribution in [1.82, 2.24) is 14.5 Å². The van der Waals surface area contributed by atoms with Crippen molar-refractivity contribution in [2.75, 3.05) is 45.2 Å². The van der Waals surface area contributed by atoms with Crippen LogP contribution >= 0.6 is 0 Å². The SMILES string of the molecule is C#[S-](NC(=O)c1ccc2c(c1)N(C/C(=C\c1cccc(OC)c1)C(=NC)C(C=N)C(=O)N1CC3CC1CN3CC)C(C)C2C1CCCCC1)C1CCCC1. The molecule has 0 aromatic heterocycles. The van der Waals surface area contributed by atoms with Gasteiger partial charge in [0.2, 0.25) is 11.8 Å². The molecule has 54 heavy (non-hydrogen) atoms. The number of hydrogen-bond acceptors (Lipinski definition) is 8. The number of likely N-dealkylation sites (N-methyl/N-ethyl adjacent to an activating group) is 1. The molecule has 10 heteroatoms. The van der Waals surface area contributed by atoms with Crippen molar-refractivity contribution in [2.45, 2.75) is 107 Å². The minimum Gasteiger partial charge on any atom is -0.497 e. The van der Waals surface area contributed by atoms with E-state index in [1.807, 2.05) is 35.2 Å². The highest BCUT2D eigenvalue weighted by atomic mass is 32.2. The van der Waals surface area contributed by atoms with Crippen LogP contribution in [-0.2, 0) is 15.3 Å². The average molecular weight is 752 g/mol. The van der Waals surface area contributed by atoms with Gasteiger partial charge >= 0.3 is 0 Å². The van der Waals surface area contributed by atoms with Gasteiger partial charge in [-0.25, -0.2) is 0 Å². The van der Waals surface area contributed by atoms with Gasteiger partial charge < -0.3 is 40.8 Å². The standard InChI is InChI=1S/C44H59N6O3S/c1-6-48-27-35-24-34(48)28-50(35)44(52)39(25-45)42(46-3)33(21-30-13-12-16-36(22-30)53-4)26-49-29(2)41(31-14-8-7-9-15-31)38-20-19-32(23-40(38)49)43(51)47-54(5)37-17-10-11-18-37/h5,12-13,16,19-23,25,29,31,34-35,37,39,41,45H,6-11,14-15,17-18,24,26-28H2,1-4H3,(H,47,51)/q-1/b33-21+,45-25?,46-42?. The van der Waals surface area contributed by atoms with E-state index in [1.54, 1.807) is 14.2 Å². The van der Waals surface area contributed by atoms with E-state index in [2.05, 4.69) is 46.6 Å². The third-order valence-corrected chi connectivity index (χ3v) is 14.7. The molecule has 0 radical (unpaired) electrons. The summed E-state index contributed by atoms with van der Waals surface area (Å²) in [5, 5.41) is 9.00. The quantitative estimate of drug-likeness (QED) is 0.189. The number of nitrogens with one attached hydrogen (secondary N) is 2. The van der Waals surface area contributed by atoms with Gasteiger partial charge in [-0.2, -0.15) is 0 Å². The molecule has 0 spiro atoms. The zero-order valence-corrected chi connectivity index (χ0v) is 33.5. The third-order valence-electron chi connectivity index (χ3n) is 13.1. The van der Waals surface area contributed by atoms with E-state index in [9.17, 15) is 9.59 Å². The van der Waals surface area contributed by atoms with Crippen molar-refractivity contribution in [1.29, 1.82) is 5.41 Å². The highest BCUT2D eigenvalue weighted by Crippen LogP contribution is 2.49. The Kier molecular flexibility index (Phi) is 12.0. The summed E-state index contributed by atoms with van der Waals surface area (Å²) in [6, 6.07) is 14.9. The summed E-state index contributed by atoms with van der Waals surface area (Å²) in [6.45, 7) is 7.55. The van der Waals surface area contributed by atoms with Gasteiger partial charge in [-0.1, -0.05) is 70.1 Å². The van der Waals surface area contributed by atoms with Crippen LogP contribution in [0.15, 0.2) is 53.0 Å². The van der Waals surface area contributed by atoms with Gasteiger partial charge in [-0.3, -0.25) is 19.5 Å². The first-order chi connectivity index (χ1) is 26.2.